The second kappa shape index (κ2) is 9.55. The Bertz CT molecular complexity index is 298. The molecule has 1 aromatic heterocycles. The van der Waals surface area contributed by atoms with Crippen molar-refractivity contribution in [3.63, 3.8) is 0 Å². The summed E-state index contributed by atoms with van der Waals surface area (Å²) in [6.45, 7) is 5.08. The van der Waals surface area contributed by atoms with E-state index in [-0.39, 0.29) is 6.61 Å². The van der Waals surface area contributed by atoms with Gasteiger partial charge in [-0.05, 0) is 24.9 Å². The maximum Gasteiger partial charge on any atom is 0.245 e. The minimum atomic E-state index is -0.520. The Kier molecular flexibility index (Phi) is 8.32. The van der Waals surface area contributed by atoms with Crippen LogP contribution in [0.15, 0.2) is 6.20 Å². The molecule has 0 fully saturated rings. The minimum absolute atomic E-state index is 0.245. The van der Waals surface area contributed by atoms with E-state index < -0.39 is 6.10 Å². The molecule has 2 unspecified atom stereocenters. The molecule has 1 aromatic rings. The van der Waals surface area contributed by atoms with E-state index in [1.54, 1.807) is 6.20 Å². The molecule has 7 heteroatoms. The normalized spacial score (nSPS) is 14.4. The zero-order chi connectivity index (χ0) is 13.2. The molecule has 0 saturated carbocycles. The van der Waals surface area contributed by atoms with E-state index >= 15 is 0 Å². The van der Waals surface area contributed by atoms with Crippen LogP contribution in [0.5, 0.6) is 5.88 Å². The van der Waals surface area contributed by atoms with Crippen molar-refractivity contribution in [2.45, 2.75) is 32.4 Å². The van der Waals surface area contributed by atoms with Gasteiger partial charge in [-0.3, -0.25) is 0 Å². The summed E-state index contributed by atoms with van der Waals surface area (Å²) in [4.78, 5) is 0. The summed E-state index contributed by atoms with van der Waals surface area (Å²) < 4.78 is 13.0. The quantitative estimate of drug-likeness (QED) is 0.635. The third kappa shape index (κ3) is 7.15. The summed E-state index contributed by atoms with van der Waals surface area (Å²) in [5.41, 5.74) is 0. The zero-order valence-electron chi connectivity index (χ0n) is 10.8. The molecule has 0 saturated heterocycles. The summed E-state index contributed by atoms with van der Waals surface area (Å²) in [5.74, 6) is 2.79. The first-order valence-electron chi connectivity index (χ1n) is 6.12. The van der Waals surface area contributed by atoms with Crippen molar-refractivity contribution < 1.29 is 9.84 Å². The van der Waals surface area contributed by atoms with Crippen LogP contribution < -0.4 is 10.1 Å². The van der Waals surface area contributed by atoms with E-state index in [0.717, 1.165) is 29.7 Å². The maximum absolute atomic E-state index is 9.73. The fourth-order valence-corrected chi connectivity index (χ4v) is 2.48. The summed E-state index contributed by atoms with van der Waals surface area (Å²) in [6, 6.07) is 0.416. The Morgan fingerprint density at radius 2 is 2.44 bits per heavy atom. The number of aromatic nitrogens is 2. The van der Waals surface area contributed by atoms with Gasteiger partial charge in [-0.2, -0.15) is 16.1 Å². The van der Waals surface area contributed by atoms with Crippen molar-refractivity contribution in [3.05, 3.63) is 6.20 Å². The second-order valence-electron chi connectivity index (χ2n) is 4.01. The number of aliphatic hydroxyl groups excluding tert-OH is 1. The second-order valence-corrected chi connectivity index (χ2v) is 5.96. The highest BCUT2D eigenvalue weighted by molar-refractivity contribution is 7.99. The predicted octanol–water partition coefficient (Wildman–Crippen LogP) is 1.40. The Morgan fingerprint density at radius 3 is 3.11 bits per heavy atom. The van der Waals surface area contributed by atoms with E-state index in [2.05, 4.69) is 27.9 Å². The van der Waals surface area contributed by atoms with Crippen LogP contribution in [0, 0.1) is 0 Å². The molecular formula is C11H21N3O2S2. The van der Waals surface area contributed by atoms with Crippen molar-refractivity contribution in [1.29, 1.82) is 0 Å². The molecule has 2 atom stereocenters. The molecule has 18 heavy (non-hydrogen) atoms. The molecule has 0 aromatic carbocycles. The molecule has 2 N–H and O–H groups in total. The van der Waals surface area contributed by atoms with E-state index in [4.69, 9.17) is 4.74 Å². The lowest BCUT2D eigenvalue weighted by Gasteiger charge is -2.16. The van der Waals surface area contributed by atoms with Gasteiger partial charge in [0.25, 0.3) is 0 Å². The van der Waals surface area contributed by atoms with Gasteiger partial charge in [-0.15, -0.1) is 4.37 Å². The zero-order valence-corrected chi connectivity index (χ0v) is 12.5. The number of hydrogen-bond donors (Lipinski definition) is 2. The molecule has 0 amide bonds. The molecular weight excluding hydrogens is 270 g/mol. The summed E-state index contributed by atoms with van der Waals surface area (Å²) in [6.07, 6.45) is 2.14. The van der Waals surface area contributed by atoms with Gasteiger partial charge in [0.05, 0.1) is 11.7 Å². The Hall–Kier alpha value is -0.370. The number of nitrogens with zero attached hydrogens (tertiary/aromatic N) is 2. The van der Waals surface area contributed by atoms with Crippen LogP contribution in [-0.2, 0) is 0 Å². The van der Waals surface area contributed by atoms with Crippen molar-refractivity contribution in [2.75, 3.05) is 24.7 Å². The van der Waals surface area contributed by atoms with Gasteiger partial charge < -0.3 is 15.2 Å². The predicted molar refractivity (Wildman–Crippen MR) is 76.5 cm³/mol. The molecule has 104 valence electrons. The Labute approximate surface area is 117 Å². The SMILES string of the molecule is CCSCCC(C)NCC(O)COc1cnsn1. The number of hydrogen-bond acceptors (Lipinski definition) is 7. The maximum atomic E-state index is 9.73. The van der Waals surface area contributed by atoms with Crippen molar-refractivity contribution in [1.82, 2.24) is 14.1 Å². The van der Waals surface area contributed by atoms with Crippen LogP contribution in [0.2, 0.25) is 0 Å². The largest absolute Gasteiger partial charge is 0.473 e. The van der Waals surface area contributed by atoms with Crippen molar-refractivity contribution in [2.24, 2.45) is 0 Å². The summed E-state index contributed by atoms with van der Waals surface area (Å²) >= 11 is 3.03. The summed E-state index contributed by atoms with van der Waals surface area (Å²) in [5, 5.41) is 13.0. The van der Waals surface area contributed by atoms with Crippen LogP contribution in [0.3, 0.4) is 0 Å². The lowest BCUT2D eigenvalue weighted by molar-refractivity contribution is 0.102. The van der Waals surface area contributed by atoms with Crippen molar-refractivity contribution in [3.8, 4) is 5.88 Å². The highest BCUT2D eigenvalue weighted by Crippen LogP contribution is 2.06. The molecule has 0 bridgehead atoms. The highest BCUT2D eigenvalue weighted by atomic mass is 32.2. The number of rotatable bonds is 10. The molecule has 1 heterocycles. The van der Waals surface area contributed by atoms with Gasteiger partial charge in [-0.1, -0.05) is 6.92 Å². The van der Waals surface area contributed by atoms with Gasteiger partial charge in [-0.25, -0.2) is 0 Å². The smallest absolute Gasteiger partial charge is 0.245 e. The van der Waals surface area contributed by atoms with Gasteiger partial charge in [0.15, 0.2) is 0 Å². The third-order valence-electron chi connectivity index (χ3n) is 2.37. The first-order chi connectivity index (χ1) is 8.72. The fourth-order valence-electron chi connectivity index (χ4n) is 1.30. The van der Waals surface area contributed by atoms with Gasteiger partial charge in [0, 0.05) is 12.6 Å². The first-order valence-corrected chi connectivity index (χ1v) is 8.00. The van der Waals surface area contributed by atoms with E-state index in [9.17, 15) is 5.11 Å². The number of nitrogens with one attached hydrogen (secondary N) is 1. The molecule has 1 rings (SSSR count). The van der Waals surface area contributed by atoms with Crippen LogP contribution >= 0.6 is 23.5 Å². The van der Waals surface area contributed by atoms with Gasteiger partial charge in [0.2, 0.25) is 5.88 Å². The fraction of sp³-hybridized carbons (Fsp3) is 0.818. The van der Waals surface area contributed by atoms with Gasteiger partial charge >= 0.3 is 0 Å². The number of thioether (sulfide) groups is 1. The van der Waals surface area contributed by atoms with Crippen LogP contribution in [-0.4, -0.2) is 50.7 Å². The molecule has 0 spiro atoms. The number of aliphatic hydroxyl groups is 1. The van der Waals surface area contributed by atoms with E-state index in [0.29, 0.717) is 18.5 Å². The lowest BCUT2D eigenvalue weighted by atomic mass is 10.2. The lowest BCUT2D eigenvalue weighted by Crippen LogP contribution is -2.36. The third-order valence-corrected chi connectivity index (χ3v) is 3.76. The van der Waals surface area contributed by atoms with Crippen molar-refractivity contribution >= 4 is 23.5 Å². The average molecular weight is 291 g/mol. The van der Waals surface area contributed by atoms with E-state index in [1.165, 1.54) is 0 Å². The molecule has 0 radical (unpaired) electrons. The van der Waals surface area contributed by atoms with E-state index in [1.807, 2.05) is 11.8 Å². The number of ether oxygens (including phenoxy) is 1. The van der Waals surface area contributed by atoms with Crippen LogP contribution in [0.1, 0.15) is 20.3 Å². The monoisotopic (exact) mass is 291 g/mol. The molecule has 0 aliphatic carbocycles. The summed E-state index contributed by atoms with van der Waals surface area (Å²) in [7, 11) is 0. The molecule has 0 aliphatic heterocycles. The Balaban J connectivity index is 2.03. The molecule has 0 aliphatic rings. The van der Waals surface area contributed by atoms with Crippen LogP contribution in [0.25, 0.3) is 0 Å². The highest BCUT2D eigenvalue weighted by Gasteiger charge is 2.08. The van der Waals surface area contributed by atoms with Gasteiger partial charge in [0.1, 0.15) is 18.9 Å². The standard InChI is InChI=1S/C11H21N3O2S2/c1-3-17-5-4-9(2)12-6-10(15)8-16-11-7-13-18-14-11/h7,9-10,12,15H,3-6,8H2,1-2H3. The topological polar surface area (TPSA) is 67.3 Å². The average Bonchev–Trinajstić information content (AvgIpc) is 2.87. The minimum Gasteiger partial charge on any atom is -0.473 e. The van der Waals surface area contributed by atoms with Crippen LogP contribution in [0.4, 0.5) is 0 Å². The first kappa shape index (κ1) is 15.7. The Morgan fingerprint density at radius 1 is 1.61 bits per heavy atom. The molecule has 5 nitrogen and oxygen atoms in total.